The molecule has 4 nitrogen and oxygen atoms in total. The number of rotatable bonds is 3. The maximum Gasteiger partial charge on any atom is 0.209 e. The molecule has 1 aromatic carbocycles. The van der Waals surface area contributed by atoms with Gasteiger partial charge in [0.15, 0.2) is 5.13 Å². The van der Waals surface area contributed by atoms with Crippen LogP contribution in [-0.2, 0) is 4.79 Å². The van der Waals surface area contributed by atoms with Crippen LogP contribution in [0.5, 0.6) is 0 Å². The maximum atomic E-state index is 10.7. The molecule has 0 saturated carbocycles. The standard InChI is InChI=1S/C14H14ClN3OS/c15-12-3-1-11(2-4-12)13-9-20-14(16-13)18-7-5-17(10-19)6-8-18/h1-4,9-10H,5-8H2. The minimum atomic E-state index is 0.731. The van der Waals surface area contributed by atoms with Crippen LogP contribution in [0.25, 0.3) is 11.3 Å². The van der Waals surface area contributed by atoms with Crippen molar-refractivity contribution in [2.24, 2.45) is 0 Å². The van der Waals surface area contributed by atoms with E-state index in [-0.39, 0.29) is 0 Å². The van der Waals surface area contributed by atoms with Gasteiger partial charge < -0.3 is 9.80 Å². The van der Waals surface area contributed by atoms with E-state index < -0.39 is 0 Å². The lowest BCUT2D eigenvalue weighted by molar-refractivity contribution is -0.118. The van der Waals surface area contributed by atoms with E-state index in [2.05, 4.69) is 15.3 Å². The van der Waals surface area contributed by atoms with Gasteiger partial charge in [-0.2, -0.15) is 0 Å². The number of anilines is 1. The second-order valence-corrected chi connectivity index (χ2v) is 5.92. The fourth-order valence-corrected chi connectivity index (χ4v) is 3.20. The average Bonchev–Trinajstić information content (AvgIpc) is 2.98. The minimum absolute atomic E-state index is 0.731. The molecule has 1 saturated heterocycles. The van der Waals surface area contributed by atoms with Crippen LogP contribution in [0.3, 0.4) is 0 Å². The molecule has 6 heteroatoms. The number of piperazine rings is 1. The Morgan fingerprint density at radius 2 is 1.85 bits per heavy atom. The number of aromatic nitrogens is 1. The molecular weight excluding hydrogens is 294 g/mol. The number of amides is 1. The molecule has 1 amide bonds. The molecule has 3 rings (SSSR count). The summed E-state index contributed by atoms with van der Waals surface area (Å²) in [6.07, 6.45) is 0.915. The van der Waals surface area contributed by atoms with E-state index in [9.17, 15) is 4.79 Å². The largest absolute Gasteiger partial charge is 0.345 e. The van der Waals surface area contributed by atoms with Crippen molar-refractivity contribution in [1.82, 2.24) is 9.88 Å². The summed E-state index contributed by atoms with van der Waals surface area (Å²) >= 11 is 7.53. The molecule has 1 aliphatic rings. The van der Waals surface area contributed by atoms with Crippen molar-refractivity contribution in [2.75, 3.05) is 31.1 Å². The average molecular weight is 308 g/mol. The highest BCUT2D eigenvalue weighted by Crippen LogP contribution is 2.28. The molecule has 1 aliphatic heterocycles. The predicted octanol–water partition coefficient (Wildman–Crippen LogP) is 2.74. The predicted molar refractivity (Wildman–Crippen MR) is 82.4 cm³/mol. The summed E-state index contributed by atoms with van der Waals surface area (Å²) in [5, 5.41) is 3.81. The number of hydrogen-bond acceptors (Lipinski definition) is 4. The van der Waals surface area contributed by atoms with Crippen LogP contribution >= 0.6 is 22.9 Å². The van der Waals surface area contributed by atoms with Crippen molar-refractivity contribution < 1.29 is 4.79 Å². The zero-order chi connectivity index (χ0) is 13.9. The van der Waals surface area contributed by atoms with Crippen LogP contribution in [0.2, 0.25) is 5.02 Å². The molecule has 0 bridgehead atoms. The number of nitrogens with zero attached hydrogens (tertiary/aromatic N) is 3. The van der Waals surface area contributed by atoms with Crippen LogP contribution in [0.4, 0.5) is 5.13 Å². The van der Waals surface area contributed by atoms with Gasteiger partial charge >= 0.3 is 0 Å². The molecule has 104 valence electrons. The lowest BCUT2D eigenvalue weighted by Crippen LogP contribution is -2.45. The van der Waals surface area contributed by atoms with Crippen molar-refractivity contribution in [1.29, 1.82) is 0 Å². The Hall–Kier alpha value is -1.59. The summed E-state index contributed by atoms with van der Waals surface area (Å²) in [4.78, 5) is 19.4. The molecule has 0 spiro atoms. The summed E-state index contributed by atoms with van der Waals surface area (Å²) in [6.45, 7) is 3.21. The van der Waals surface area contributed by atoms with E-state index in [0.29, 0.717) is 0 Å². The number of halogens is 1. The number of benzene rings is 1. The van der Waals surface area contributed by atoms with E-state index >= 15 is 0 Å². The molecule has 1 aromatic heterocycles. The second-order valence-electron chi connectivity index (χ2n) is 4.65. The zero-order valence-electron chi connectivity index (χ0n) is 10.8. The Balaban J connectivity index is 1.74. The molecule has 0 unspecified atom stereocenters. The van der Waals surface area contributed by atoms with Crippen LogP contribution in [0, 0.1) is 0 Å². The Kier molecular flexibility index (Phi) is 3.89. The number of hydrogen-bond donors (Lipinski definition) is 0. The number of thiazole rings is 1. The van der Waals surface area contributed by atoms with Gasteiger partial charge in [-0.05, 0) is 12.1 Å². The van der Waals surface area contributed by atoms with Crippen molar-refractivity contribution in [3.8, 4) is 11.3 Å². The van der Waals surface area contributed by atoms with E-state index in [1.165, 1.54) is 0 Å². The minimum Gasteiger partial charge on any atom is -0.345 e. The van der Waals surface area contributed by atoms with E-state index in [0.717, 1.165) is 54.0 Å². The molecule has 1 fully saturated rings. The van der Waals surface area contributed by atoms with Crippen molar-refractivity contribution in [2.45, 2.75) is 0 Å². The van der Waals surface area contributed by atoms with Gasteiger partial charge in [0, 0.05) is 42.1 Å². The number of carbonyl (C=O) groups is 1. The molecule has 0 N–H and O–H groups in total. The molecule has 0 atom stereocenters. The van der Waals surface area contributed by atoms with Crippen molar-refractivity contribution in [3.05, 3.63) is 34.7 Å². The highest BCUT2D eigenvalue weighted by molar-refractivity contribution is 7.14. The zero-order valence-corrected chi connectivity index (χ0v) is 12.4. The highest BCUT2D eigenvalue weighted by Gasteiger charge is 2.18. The third kappa shape index (κ3) is 2.78. The molecular formula is C14H14ClN3OS. The maximum absolute atomic E-state index is 10.7. The Morgan fingerprint density at radius 1 is 1.15 bits per heavy atom. The SMILES string of the molecule is O=CN1CCN(c2nc(-c3ccc(Cl)cc3)cs2)CC1. The summed E-state index contributed by atoms with van der Waals surface area (Å²) < 4.78 is 0. The van der Waals surface area contributed by atoms with Gasteiger partial charge in [-0.25, -0.2) is 4.98 Å². The van der Waals surface area contributed by atoms with Crippen LogP contribution in [-0.4, -0.2) is 42.5 Å². The Bertz CT molecular complexity index is 591. The molecule has 2 aromatic rings. The lowest BCUT2D eigenvalue weighted by atomic mass is 10.2. The monoisotopic (exact) mass is 307 g/mol. The Morgan fingerprint density at radius 3 is 2.50 bits per heavy atom. The first-order chi connectivity index (χ1) is 9.76. The summed E-state index contributed by atoms with van der Waals surface area (Å²) in [6, 6.07) is 7.70. The summed E-state index contributed by atoms with van der Waals surface area (Å²) in [7, 11) is 0. The van der Waals surface area contributed by atoms with E-state index in [4.69, 9.17) is 11.6 Å². The van der Waals surface area contributed by atoms with Gasteiger partial charge in [0.25, 0.3) is 0 Å². The second kappa shape index (κ2) is 5.81. The fraction of sp³-hybridized carbons (Fsp3) is 0.286. The Labute approximate surface area is 126 Å². The van der Waals surface area contributed by atoms with Crippen molar-refractivity contribution in [3.63, 3.8) is 0 Å². The van der Waals surface area contributed by atoms with Gasteiger partial charge in [0.1, 0.15) is 0 Å². The van der Waals surface area contributed by atoms with Gasteiger partial charge in [0.2, 0.25) is 6.41 Å². The smallest absolute Gasteiger partial charge is 0.209 e. The van der Waals surface area contributed by atoms with Gasteiger partial charge in [-0.15, -0.1) is 11.3 Å². The van der Waals surface area contributed by atoms with Crippen LogP contribution in [0.15, 0.2) is 29.6 Å². The number of carbonyl (C=O) groups excluding carboxylic acids is 1. The van der Waals surface area contributed by atoms with Gasteiger partial charge in [-0.1, -0.05) is 23.7 Å². The third-order valence-corrected chi connectivity index (χ3v) is 4.52. The van der Waals surface area contributed by atoms with Crippen LogP contribution in [0.1, 0.15) is 0 Å². The van der Waals surface area contributed by atoms with E-state index in [1.54, 1.807) is 16.2 Å². The lowest BCUT2D eigenvalue weighted by Gasteiger charge is -2.32. The summed E-state index contributed by atoms with van der Waals surface area (Å²) in [5.74, 6) is 0. The van der Waals surface area contributed by atoms with Crippen molar-refractivity contribution >= 4 is 34.5 Å². The molecule has 20 heavy (non-hydrogen) atoms. The van der Waals surface area contributed by atoms with E-state index in [1.807, 2.05) is 24.3 Å². The first-order valence-corrected chi connectivity index (χ1v) is 7.68. The quantitative estimate of drug-likeness (QED) is 0.818. The highest BCUT2D eigenvalue weighted by atomic mass is 35.5. The first kappa shape index (κ1) is 13.4. The normalized spacial score (nSPS) is 15.4. The molecule has 2 heterocycles. The fourth-order valence-electron chi connectivity index (χ4n) is 2.18. The summed E-state index contributed by atoms with van der Waals surface area (Å²) in [5.41, 5.74) is 2.04. The first-order valence-electron chi connectivity index (χ1n) is 6.42. The molecule has 0 radical (unpaired) electrons. The third-order valence-electron chi connectivity index (χ3n) is 3.37. The molecule has 0 aliphatic carbocycles. The van der Waals surface area contributed by atoms with Crippen LogP contribution < -0.4 is 4.90 Å². The topological polar surface area (TPSA) is 36.4 Å². The van der Waals surface area contributed by atoms with Gasteiger partial charge in [0.05, 0.1) is 5.69 Å². The van der Waals surface area contributed by atoms with Gasteiger partial charge in [-0.3, -0.25) is 4.79 Å².